The molecule has 0 unspecified atom stereocenters. The van der Waals surface area contributed by atoms with Crippen molar-refractivity contribution in [2.24, 2.45) is 0 Å². The predicted molar refractivity (Wildman–Crippen MR) is 84.9 cm³/mol. The summed E-state index contributed by atoms with van der Waals surface area (Å²) in [6, 6.07) is 14.0. The largest absolute Gasteiger partial charge is 0.421 e. The minimum absolute atomic E-state index is 0.502. The van der Waals surface area contributed by atoms with E-state index < -0.39 is 18.2 Å². The zero-order valence-corrected chi connectivity index (χ0v) is 12.8. The lowest BCUT2D eigenvalue weighted by atomic mass is 10.1. The fourth-order valence-electron chi connectivity index (χ4n) is 2.14. The maximum atomic E-state index is 11.1. The molecular weight excluding hydrogens is 280 g/mol. The number of hydrogen-bond acceptors (Lipinski definition) is 4. The Balaban J connectivity index is 2.29. The van der Waals surface area contributed by atoms with Crippen LogP contribution in [0, 0.1) is 0 Å². The Labute approximate surface area is 129 Å². The number of fused-ring (bicyclic) bond motifs is 1. The average molecular weight is 298 g/mol. The number of esters is 2. The minimum Gasteiger partial charge on any atom is -0.421 e. The van der Waals surface area contributed by atoms with Crippen LogP contribution in [-0.4, -0.2) is 18.2 Å². The van der Waals surface area contributed by atoms with E-state index in [9.17, 15) is 9.59 Å². The highest BCUT2D eigenvalue weighted by atomic mass is 16.7. The number of benzene rings is 2. The average Bonchev–Trinajstić information content (AvgIpc) is 2.45. The standard InChI is InChI=1S/C18H18O4/c1-12(18(21-13(2)19)22-14(3)20)10-15-8-9-16-6-4-5-7-17(16)11-15/h4-11,18H,1-3H3/b12-10+. The van der Waals surface area contributed by atoms with Crippen molar-refractivity contribution in [1.29, 1.82) is 0 Å². The molecule has 0 atom stereocenters. The molecule has 0 aliphatic rings. The minimum atomic E-state index is -0.999. The van der Waals surface area contributed by atoms with Crippen LogP contribution in [0.1, 0.15) is 26.3 Å². The fraction of sp³-hybridized carbons (Fsp3) is 0.222. The lowest BCUT2D eigenvalue weighted by Gasteiger charge is -2.17. The van der Waals surface area contributed by atoms with Gasteiger partial charge in [0.15, 0.2) is 0 Å². The second-order valence-corrected chi connectivity index (χ2v) is 5.05. The van der Waals surface area contributed by atoms with Gasteiger partial charge >= 0.3 is 11.9 Å². The van der Waals surface area contributed by atoms with E-state index in [4.69, 9.17) is 9.47 Å². The van der Waals surface area contributed by atoms with E-state index in [0.717, 1.165) is 16.3 Å². The first-order valence-corrected chi connectivity index (χ1v) is 6.97. The van der Waals surface area contributed by atoms with Crippen molar-refractivity contribution < 1.29 is 19.1 Å². The van der Waals surface area contributed by atoms with E-state index in [1.165, 1.54) is 13.8 Å². The normalized spacial score (nSPS) is 11.5. The second-order valence-electron chi connectivity index (χ2n) is 5.05. The lowest BCUT2D eigenvalue weighted by Crippen LogP contribution is -2.23. The van der Waals surface area contributed by atoms with Crippen LogP contribution in [0.2, 0.25) is 0 Å². The van der Waals surface area contributed by atoms with Crippen molar-refractivity contribution >= 4 is 28.8 Å². The fourth-order valence-corrected chi connectivity index (χ4v) is 2.14. The number of carbonyl (C=O) groups excluding carboxylic acids is 2. The van der Waals surface area contributed by atoms with Gasteiger partial charge in [-0.3, -0.25) is 9.59 Å². The number of ether oxygens (including phenoxy) is 2. The van der Waals surface area contributed by atoms with E-state index in [1.54, 1.807) is 6.92 Å². The van der Waals surface area contributed by atoms with Crippen LogP contribution in [0.4, 0.5) is 0 Å². The highest BCUT2D eigenvalue weighted by Crippen LogP contribution is 2.19. The van der Waals surface area contributed by atoms with Gasteiger partial charge in [-0.1, -0.05) is 36.4 Å². The number of carbonyl (C=O) groups is 2. The number of rotatable bonds is 4. The molecule has 0 aliphatic carbocycles. The van der Waals surface area contributed by atoms with Crippen molar-refractivity contribution in [2.75, 3.05) is 0 Å². The van der Waals surface area contributed by atoms with E-state index >= 15 is 0 Å². The van der Waals surface area contributed by atoms with Crippen LogP contribution in [0.5, 0.6) is 0 Å². The third-order valence-corrected chi connectivity index (χ3v) is 3.09. The van der Waals surface area contributed by atoms with Gasteiger partial charge in [0.05, 0.1) is 0 Å². The van der Waals surface area contributed by atoms with Crippen LogP contribution in [0.3, 0.4) is 0 Å². The molecule has 0 saturated heterocycles. The zero-order valence-electron chi connectivity index (χ0n) is 12.8. The molecular formula is C18H18O4. The highest BCUT2D eigenvalue weighted by Gasteiger charge is 2.17. The van der Waals surface area contributed by atoms with Gasteiger partial charge in [0.2, 0.25) is 0 Å². The molecule has 2 aromatic rings. The molecule has 114 valence electrons. The number of hydrogen-bond donors (Lipinski definition) is 0. The van der Waals surface area contributed by atoms with Crippen molar-refractivity contribution in [2.45, 2.75) is 27.1 Å². The Hall–Kier alpha value is -2.62. The molecule has 4 nitrogen and oxygen atoms in total. The van der Waals surface area contributed by atoms with Crippen molar-refractivity contribution in [1.82, 2.24) is 0 Å². The van der Waals surface area contributed by atoms with E-state index in [1.807, 2.05) is 48.5 Å². The van der Waals surface area contributed by atoms with Crippen LogP contribution in [0.25, 0.3) is 16.8 Å². The van der Waals surface area contributed by atoms with E-state index in [0.29, 0.717) is 5.57 Å². The summed E-state index contributed by atoms with van der Waals surface area (Å²) in [4.78, 5) is 22.3. The summed E-state index contributed by atoms with van der Waals surface area (Å²) in [5.41, 5.74) is 1.58. The zero-order chi connectivity index (χ0) is 16.1. The van der Waals surface area contributed by atoms with Gasteiger partial charge in [0, 0.05) is 19.4 Å². The maximum absolute atomic E-state index is 11.1. The second kappa shape index (κ2) is 6.89. The van der Waals surface area contributed by atoms with Gasteiger partial charge in [0.25, 0.3) is 6.29 Å². The molecule has 0 aliphatic heterocycles. The van der Waals surface area contributed by atoms with Gasteiger partial charge in [-0.15, -0.1) is 0 Å². The molecule has 0 N–H and O–H groups in total. The Morgan fingerprint density at radius 2 is 1.50 bits per heavy atom. The summed E-state index contributed by atoms with van der Waals surface area (Å²) < 4.78 is 10.1. The van der Waals surface area contributed by atoms with E-state index in [2.05, 4.69) is 0 Å². The Bertz CT molecular complexity index is 715. The molecule has 0 spiro atoms. The molecule has 0 bridgehead atoms. The summed E-state index contributed by atoms with van der Waals surface area (Å²) in [7, 11) is 0. The third kappa shape index (κ3) is 4.19. The van der Waals surface area contributed by atoms with E-state index in [-0.39, 0.29) is 0 Å². The Morgan fingerprint density at radius 3 is 2.09 bits per heavy atom. The lowest BCUT2D eigenvalue weighted by molar-refractivity contribution is -0.177. The first-order chi connectivity index (χ1) is 10.5. The highest BCUT2D eigenvalue weighted by molar-refractivity contribution is 5.84. The first-order valence-electron chi connectivity index (χ1n) is 6.97. The molecule has 4 heteroatoms. The van der Waals surface area contributed by atoms with Crippen molar-refractivity contribution in [3.63, 3.8) is 0 Å². The molecule has 0 amide bonds. The smallest absolute Gasteiger partial charge is 0.305 e. The molecule has 2 aromatic carbocycles. The summed E-state index contributed by atoms with van der Waals surface area (Å²) in [6.45, 7) is 4.31. The van der Waals surface area contributed by atoms with Gasteiger partial charge in [-0.25, -0.2) is 0 Å². The van der Waals surface area contributed by atoms with Crippen LogP contribution < -0.4 is 0 Å². The van der Waals surface area contributed by atoms with Crippen LogP contribution in [-0.2, 0) is 19.1 Å². The van der Waals surface area contributed by atoms with Crippen molar-refractivity contribution in [3.8, 4) is 0 Å². The van der Waals surface area contributed by atoms with Crippen LogP contribution >= 0.6 is 0 Å². The maximum Gasteiger partial charge on any atom is 0.305 e. The van der Waals surface area contributed by atoms with Gasteiger partial charge in [0.1, 0.15) is 0 Å². The molecule has 2 rings (SSSR count). The summed E-state index contributed by atoms with van der Waals surface area (Å²) >= 11 is 0. The predicted octanol–water partition coefficient (Wildman–Crippen LogP) is 3.70. The van der Waals surface area contributed by atoms with Crippen molar-refractivity contribution in [3.05, 3.63) is 53.6 Å². The Kier molecular flexibility index (Phi) is 4.94. The molecule has 0 heterocycles. The quantitative estimate of drug-likeness (QED) is 0.638. The third-order valence-electron chi connectivity index (χ3n) is 3.09. The van der Waals surface area contributed by atoms with Gasteiger partial charge < -0.3 is 9.47 Å². The SMILES string of the molecule is CC(=O)OC(OC(C)=O)/C(C)=C/c1ccc2ccccc2c1. The summed E-state index contributed by atoms with van der Waals surface area (Å²) in [5, 5.41) is 2.26. The molecule has 0 fully saturated rings. The van der Waals surface area contributed by atoms with Gasteiger partial charge in [-0.2, -0.15) is 0 Å². The molecule has 22 heavy (non-hydrogen) atoms. The Morgan fingerprint density at radius 1 is 0.909 bits per heavy atom. The summed E-state index contributed by atoms with van der Waals surface area (Å²) in [6.07, 6.45) is 0.838. The van der Waals surface area contributed by atoms with Gasteiger partial charge in [-0.05, 0) is 35.4 Å². The molecule has 0 aromatic heterocycles. The monoisotopic (exact) mass is 298 g/mol. The first kappa shape index (κ1) is 15.8. The topological polar surface area (TPSA) is 52.6 Å². The van der Waals surface area contributed by atoms with Crippen LogP contribution in [0.15, 0.2) is 48.0 Å². The molecule has 0 radical (unpaired) electrons. The summed E-state index contributed by atoms with van der Waals surface area (Å²) in [5.74, 6) is -1.00. The molecule has 0 saturated carbocycles.